The van der Waals surface area contributed by atoms with Crippen molar-refractivity contribution >= 4 is 17.3 Å². The van der Waals surface area contributed by atoms with Gasteiger partial charge in [-0.1, -0.05) is 24.6 Å². The second kappa shape index (κ2) is 5.17. The SMILES string of the molecule is O=[N+]([O-])c1cnc(Cl)nc1-c1cccc(C2CCC2)c1. The van der Waals surface area contributed by atoms with Gasteiger partial charge in [-0.15, -0.1) is 0 Å². The highest BCUT2D eigenvalue weighted by molar-refractivity contribution is 6.28. The van der Waals surface area contributed by atoms with Gasteiger partial charge in [0.2, 0.25) is 5.28 Å². The molecular formula is C14H12ClN3O2. The largest absolute Gasteiger partial charge is 0.313 e. The van der Waals surface area contributed by atoms with Crippen LogP contribution in [0.25, 0.3) is 11.3 Å². The third-order valence-electron chi connectivity index (χ3n) is 3.67. The first kappa shape index (κ1) is 13.0. The van der Waals surface area contributed by atoms with E-state index in [9.17, 15) is 10.1 Å². The van der Waals surface area contributed by atoms with Crippen LogP contribution in [-0.2, 0) is 0 Å². The molecule has 102 valence electrons. The number of hydrogen-bond acceptors (Lipinski definition) is 4. The maximum Gasteiger partial charge on any atom is 0.313 e. The Morgan fingerprint density at radius 3 is 2.80 bits per heavy atom. The smallest absolute Gasteiger partial charge is 0.258 e. The van der Waals surface area contributed by atoms with Gasteiger partial charge in [-0.2, -0.15) is 0 Å². The molecule has 0 spiro atoms. The molecule has 0 N–H and O–H groups in total. The van der Waals surface area contributed by atoms with Gasteiger partial charge < -0.3 is 0 Å². The van der Waals surface area contributed by atoms with Gasteiger partial charge in [0.1, 0.15) is 6.20 Å². The van der Waals surface area contributed by atoms with E-state index >= 15 is 0 Å². The summed E-state index contributed by atoms with van der Waals surface area (Å²) < 4.78 is 0. The molecule has 6 heteroatoms. The lowest BCUT2D eigenvalue weighted by Crippen LogP contribution is -2.08. The van der Waals surface area contributed by atoms with Crippen molar-refractivity contribution in [1.82, 2.24) is 9.97 Å². The summed E-state index contributed by atoms with van der Waals surface area (Å²) in [6.45, 7) is 0. The van der Waals surface area contributed by atoms with Crippen molar-refractivity contribution in [3.05, 3.63) is 51.4 Å². The average Bonchev–Trinajstić information content (AvgIpc) is 2.36. The molecule has 1 saturated carbocycles. The molecule has 1 aliphatic carbocycles. The number of nitro groups is 1. The predicted octanol–water partition coefficient (Wildman–Crippen LogP) is 3.97. The molecule has 0 unspecified atom stereocenters. The number of nitrogens with zero attached hydrogens (tertiary/aromatic N) is 3. The monoisotopic (exact) mass is 289 g/mol. The fraction of sp³-hybridized carbons (Fsp3) is 0.286. The Balaban J connectivity index is 2.08. The fourth-order valence-corrected chi connectivity index (χ4v) is 2.51. The fourth-order valence-electron chi connectivity index (χ4n) is 2.38. The lowest BCUT2D eigenvalue weighted by Gasteiger charge is -2.26. The molecule has 1 fully saturated rings. The van der Waals surface area contributed by atoms with Crippen LogP contribution >= 0.6 is 11.6 Å². The van der Waals surface area contributed by atoms with Crippen molar-refractivity contribution in [1.29, 1.82) is 0 Å². The normalized spacial score (nSPS) is 14.8. The first-order chi connectivity index (χ1) is 9.65. The quantitative estimate of drug-likeness (QED) is 0.487. The summed E-state index contributed by atoms with van der Waals surface area (Å²) in [4.78, 5) is 18.3. The average molecular weight is 290 g/mol. The summed E-state index contributed by atoms with van der Waals surface area (Å²) in [6, 6.07) is 7.74. The van der Waals surface area contributed by atoms with E-state index in [1.54, 1.807) is 0 Å². The second-order valence-electron chi connectivity index (χ2n) is 4.88. The van der Waals surface area contributed by atoms with Crippen molar-refractivity contribution in [2.24, 2.45) is 0 Å². The molecule has 3 rings (SSSR count). The Hall–Kier alpha value is -2.01. The number of benzene rings is 1. The van der Waals surface area contributed by atoms with Gasteiger partial charge in [-0.3, -0.25) is 10.1 Å². The van der Waals surface area contributed by atoms with Crippen LogP contribution in [0.5, 0.6) is 0 Å². The summed E-state index contributed by atoms with van der Waals surface area (Å²) in [5, 5.41) is 11.1. The number of aromatic nitrogens is 2. The van der Waals surface area contributed by atoms with Gasteiger partial charge in [0, 0.05) is 5.56 Å². The minimum absolute atomic E-state index is 0.0136. The van der Waals surface area contributed by atoms with E-state index in [2.05, 4.69) is 16.0 Å². The molecule has 20 heavy (non-hydrogen) atoms. The highest BCUT2D eigenvalue weighted by Crippen LogP contribution is 2.38. The summed E-state index contributed by atoms with van der Waals surface area (Å²) in [5.74, 6) is 0.561. The summed E-state index contributed by atoms with van der Waals surface area (Å²) in [6.07, 6.45) is 4.75. The topological polar surface area (TPSA) is 68.9 Å². The minimum Gasteiger partial charge on any atom is -0.258 e. The Labute approximate surface area is 120 Å². The Morgan fingerprint density at radius 2 is 2.15 bits per heavy atom. The molecule has 5 nitrogen and oxygen atoms in total. The van der Waals surface area contributed by atoms with Crippen LogP contribution in [0, 0.1) is 10.1 Å². The molecule has 0 atom stereocenters. The van der Waals surface area contributed by atoms with Crippen LogP contribution in [0.3, 0.4) is 0 Å². The zero-order valence-corrected chi connectivity index (χ0v) is 11.4. The van der Waals surface area contributed by atoms with Gasteiger partial charge >= 0.3 is 5.69 Å². The highest BCUT2D eigenvalue weighted by atomic mass is 35.5. The second-order valence-corrected chi connectivity index (χ2v) is 5.22. The zero-order valence-electron chi connectivity index (χ0n) is 10.6. The van der Waals surface area contributed by atoms with Crippen LogP contribution in [0.4, 0.5) is 5.69 Å². The number of halogens is 1. The van der Waals surface area contributed by atoms with Crippen molar-refractivity contribution in [3.63, 3.8) is 0 Å². The van der Waals surface area contributed by atoms with Crippen molar-refractivity contribution in [2.45, 2.75) is 25.2 Å². The van der Waals surface area contributed by atoms with E-state index in [-0.39, 0.29) is 16.7 Å². The van der Waals surface area contributed by atoms with Crippen LogP contribution < -0.4 is 0 Å². The third-order valence-corrected chi connectivity index (χ3v) is 3.86. The van der Waals surface area contributed by atoms with Gasteiger partial charge in [0.25, 0.3) is 0 Å². The van der Waals surface area contributed by atoms with E-state index in [0.717, 1.165) is 6.20 Å². The Morgan fingerprint density at radius 1 is 1.35 bits per heavy atom. The summed E-state index contributed by atoms with van der Waals surface area (Å²) in [5.41, 5.74) is 2.07. The summed E-state index contributed by atoms with van der Waals surface area (Å²) in [7, 11) is 0. The first-order valence-electron chi connectivity index (χ1n) is 6.42. The molecule has 1 aromatic carbocycles. The maximum atomic E-state index is 11.1. The van der Waals surface area contributed by atoms with Crippen LogP contribution in [0.2, 0.25) is 5.28 Å². The summed E-state index contributed by atoms with van der Waals surface area (Å²) >= 11 is 5.77. The van der Waals surface area contributed by atoms with E-state index in [0.29, 0.717) is 11.5 Å². The molecule has 0 amide bonds. The van der Waals surface area contributed by atoms with E-state index in [1.165, 1.54) is 24.8 Å². The van der Waals surface area contributed by atoms with Gasteiger partial charge in [0.15, 0.2) is 5.69 Å². The predicted molar refractivity (Wildman–Crippen MR) is 75.7 cm³/mol. The Kier molecular flexibility index (Phi) is 3.36. The van der Waals surface area contributed by atoms with Gasteiger partial charge in [-0.05, 0) is 42.0 Å². The van der Waals surface area contributed by atoms with Gasteiger partial charge in [0.05, 0.1) is 4.92 Å². The van der Waals surface area contributed by atoms with Crippen molar-refractivity contribution in [2.75, 3.05) is 0 Å². The molecule has 2 aromatic rings. The van der Waals surface area contributed by atoms with E-state index in [4.69, 9.17) is 11.6 Å². The van der Waals surface area contributed by atoms with E-state index in [1.807, 2.05) is 18.2 Å². The number of rotatable bonds is 3. The molecule has 0 radical (unpaired) electrons. The molecular weight excluding hydrogens is 278 g/mol. The molecule has 0 aliphatic heterocycles. The molecule has 1 heterocycles. The minimum atomic E-state index is -0.484. The van der Waals surface area contributed by atoms with Gasteiger partial charge in [-0.25, -0.2) is 9.97 Å². The lowest BCUT2D eigenvalue weighted by molar-refractivity contribution is -0.384. The molecule has 0 saturated heterocycles. The van der Waals surface area contributed by atoms with Crippen molar-refractivity contribution in [3.8, 4) is 11.3 Å². The van der Waals surface area contributed by atoms with Crippen LogP contribution in [-0.4, -0.2) is 14.9 Å². The standard InChI is InChI=1S/C14H12ClN3O2/c15-14-16-8-12(18(19)20)13(17-14)11-6-2-5-10(7-11)9-3-1-4-9/h2,5-9H,1,3-4H2. The number of hydrogen-bond donors (Lipinski definition) is 0. The third kappa shape index (κ3) is 2.36. The Bertz CT molecular complexity index is 671. The molecule has 1 aromatic heterocycles. The first-order valence-corrected chi connectivity index (χ1v) is 6.80. The molecule has 1 aliphatic rings. The van der Waals surface area contributed by atoms with Crippen LogP contribution in [0.15, 0.2) is 30.5 Å². The highest BCUT2D eigenvalue weighted by Gasteiger charge is 2.22. The zero-order chi connectivity index (χ0) is 14.1. The van der Waals surface area contributed by atoms with E-state index < -0.39 is 4.92 Å². The molecule has 0 bridgehead atoms. The maximum absolute atomic E-state index is 11.1. The van der Waals surface area contributed by atoms with Crippen LogP contribution in [0.1, 0.15) is 30.7 Å². The van der Waals surface area contributed by atoms with Crippen molar-refractivity contribution < 1.29 is 4.92 Å². The lowest BCUT2D eigenvalue weighted by atomic mass is 9.79.